The molecule has 0 saturated carbocycles. The van der Waals surface area contributed by atoms with Crippen LogP contribution in [0.25, 0.3) is 0 Å². The van der Waals surface area contributed by atoms with E-state index in [1.807, 2.05) is 0 Å². The molecule has 184 valence electrons. The van der Waals surface area contributed by atoms with Crippen LogP contribution in [0.2, 0.25) is 0 Å². The highest BCUT2D eigenvalue weighted by atomic mass is 16.4. The van der Waals surface area contributed by atoms with Gasteiger partial charge >= 0.3 is 5.97 Å². The number of aliphatic hydroxyl groups is 2. The van der Waals surface area contributed by atoms with Crippen LogP contribution in [0.15, 0.2) is 24.3 Å². The lowest BCUT2D eigenvalue weighted by molar-refractivity contribution is -0.144. The molecule has 0 saturated heterocycles. The van der Waals surface area contributed by atoms with E-state index in [-0.39, 0.29) is 12.2 Å². The standard InChI is InChI=1S/C21H32N4O8/c1-10(2)16(21(32)33)24-20(31)17(11(3)27)25-19(30)15(23-18(29)14(22)9-26)8-12-4-6-13(28)7-5-12/h4-7,10-11,14-17,26-28H,8-9,22H2,1-3H3,(H,23,29)(H,24,31)(H,25,30)(H,32,33). The van der Waals surface area contributed by atoms with Crippen LogP contribution in [0, 0.1) is 5.92 Å². The number of carbonyl (C=O) groups is 4. The number of hydrogen-bond donors (Lipinski definition) is 8. The first-order chi connectivity index (χ1) is 15.4. The Morgan fingerprint density at radius 1 is 0.909 bits per heavy atom. The molecular weight excluding hydrogens is 436 g/mol. The predicted octanol–water partition coefficient (Wildman–Crippen LogP) is -2.17. The van der Waals surface area contributed by atoms with Crippen LogP contribution in [0.1, 0.15) is 26.3 Å². The van der Waals surface area contributed by atoms with E-state index in [0.717, 1.165) is 0 Å². The van der Waals surface area contributed by atoms with Gasteiger partial charge in [-0.2, -0.15) is 0 Å². The zero-order chi connectivity index (χ0) is 25.3. The van der Waals surface area contributed by atoms with Gasteiger partial charge in [0.1, 0.15) is 29.9 Å². The number of rotatable bonds is 12. The maximum Gasteiger partial charge on any atom is 0.326 e. The molecule has 12 nitrogen and oxygen atoms in total. The molecule has 5 atom stereocenters. The van der Waals surface area contributed by atoms with Gasteiger partial charge in [-0.3, -0.25) is 14.4 Å². The number of benzene rings is 1. The molecule has 1 aromatic rings. The van der Waals surface area contributed by atoms with Gasteiger partial charge in [-0.05, 0) is 30.5 Å². The predicted molar refractivity (Wildman–Crippen MR) is 117 cm³/mol. The lowest BCUT2D eigenvalue weighted by atomic mass is 10.0. The minimum Gasteiger partial charge on any atom is -0.508 e. The fourth-order valence-electron chi connectivity index (χ4n) is 2.85. The maximum atomic E-state index is 12.9. The molecule has 12 heteroatoms. The van der Waals surface area contributed by atoms with Crippen molar-refractivity contribution in [3.05, 3.63) is 29.8 Å². The monoisotopic (exact) mass is 468 g/mol. The highest BCUT2D eigenvalue weighted by Crippen LogP contribution is 2.12. The summed E-state index contributed by atoms with van der Waals surface area (Å²) in [5.41, 5.74) is 6.05. The van der Waals surface area contributed by atoms with E-state index < -0.39 is 66.5 Å². The smallest absolute Gasteiger partial charge is 0.326 e. The van der Waals surface area contributed by atoms with Gasteiger partial charge in [0, 0.05) is 6.42 Å². The molecular formula is C21H32N4O8. The van der Waals surface area contributed by atoms with E-state index in [2.05, 4.69) is 16.0 Å². The summed E-state index contributed by atoms with van der Waals surface area (Å²) in [7, 11) is 0. The fourth-order valence-corrected chi connectivity index (χ4v) is 2.85. The van der Waals surface area contributed by atoms with Crippen LogP contribution in [-0.2, 0) is 25.6 Å². The molecule has 0 spiro atoms. The fraction of sp³-hybridized carbons (Fsp3) is 0.524. The molecule has 0 aliphatic carbocycles. The van der Waals surface area contributed by atoms with Gasteiger partial charge in [-0.1, -0.05) is 26.0 Å². The summed E-state index contributed by atoms with van der Waals surface area (Å²) in [6.07, 6.45) is -1.45. The average molecular weight is 469 g/mol. The van der Waals surface area contributed by atoms with Crippen molar-refractivity contribution < 1.29 is 39.6 Å². The second-order valence-electron chi connectivity index (χ2n) is 8.02. The number of carbonyl (C=O) groups excluding carboxylic acids is 3. The number of nitrogens with one attached hydrogen (secondary N) is 3. The molecule has 1 rings (SSSR count). The number of aliphatic hydroxyl groups excluding tert-OH is 2. The number of aliphatic carboxylic acids is 1. The van der Waals surface area contributed by atoms with Crippen molar-refractivity contribution in [2.24, 2.45) is 11.7 Å². The third kappa shape index (κ3) is 8.67. The summed E-state index contributed by atoms with van der Waals surface area (Å²) in [5, 5.41) is 44.8. The minimum atomic E-state index is -1.51. The average Bonchev–Trinajstić information content (AvgIpc) is 2.74. The van der Waals surface area contributed by atoms with Crippen LogP contribution in [0.3, 0.4) is 0 Å². The molecule has 1 aromatic carbocycles. The molecule has 33 heavy (non-hydrogen) atoms. The van der Waals surface area contributed by atoms with Gasteiger partial charge in [0.15, 0.2) is 0 Å². The highest BCUT2D eigenvalue weighted by Gasteiger charge is 2.33. The first kappa shape index (κ1) is 27.8. The van der Waals surface area contributed by atoms with Gasteiger partial charge < -0.3 is 42.1 Å². The van der Waals surface area contributed by atoms with E-state index >= 15 is 0 Å². The lowest BCUT2D eigenvalue weighted by Gasteiger charge is -2.27. The summed E-state index contributed by atoms with van der Waals surface area (Å²) in [6.45, 7) is 3.75. The molecule has 0 aliphatic heterocycles. The zero-order valence-electron chi connectivity index (χ0n) is 18.7. The Labute approximate surface area is 191 Å². The Kier molecular flexibility index (Phi) is 10.7. The SMILES string of the molecule is CC(C)C(NC(=O)C(NC(=O)C(Cc1ccc(O)cc1)NC(=O)C(N)CO)C(C)O)C(=O)O. The minimum absolute atomic E-state index is 0.00457. The van der Waals surface area contributed by atoms with Gasteiger partial charge in [-0.25, -0.2) is 4.79 Å². The van der Waals surface area contributed by atoms with Crippen molar-refractivity contribution in [2.75, 3.05) is 6.61 Å². The highest BCUT2D eigenvalue weighted by molar-refractivity contribution is 5.94. The van der Waals surface area contributed by atoms with Crippen LogP contribution < -0.4 is 21.7 Å². The molecule has 0 bridgehead atoms. The van der Waals surface area contributed by atoms with Crippen molar-refractivity contribution in [3.63, 3.8) is 0 Å². The lowest BCUT2D eigenvalue weighted by Crippen LogP contribution is -2.60. The van der Waals surface area contributed by atoms with Crippen LogP contribution >= 0.6 is 0 Å². The topological polar surface area (TPSA) is 211 Å². The summed E-state index contributed by atoms with van der Waals surface area (Å²) >= 11 is 0. The van der Waals surface area contributed by atoms with Crippen molar-refractivity contribution in [2.45, 2.75) is 57.5 Å². The molecule has 0 aromatic heterocycles. The van der Waals surface area contributed by atoms with E-state index in [1.165, 1.54) is 31.2 Å². The summed E-state index contributed by atoms with van der Waals surface area (Å²) in [4.78, 5) is 49.1. The number of phenolic OH excluding ortho intramolecular Hbond substituents is 1. The first-order valence-corrected chi connectivity index (χ1v) is 10.3. The molecule has 3 amide bonds. The Balaban J connectivity index is 3.08. The summed E-state index contributed by atoms with van der Waals surface area (Å²) < 4.78 is 0. The van der Waals surface area contributed by atoms with E-state index in [9.17, 15) is 34.5 Å². The van der Waals surface area contributed by atoms with Crippen LogP contribution in [-0.4, -0.2) is 81.0 Å². The number of aromatic hydroxyl groups is 1. The number of carboxylic acids is 1. The number of amides is 3. The van der Waals surface area contributed by atoms with Crippen molar-refractivity contribution in [1.29, 1.82) is 0 Å². The van der Waals surface area contributed by atoms with Crippen molar-refractivity contribution in [1.82, 2.24) is 16.0 Å². The largest absolute Gasteiger partial charge is 0.508 e. The number of nitrogens with two attached hydrogens (primary N) is 1. The van der Waals surface area contributed by atoms with Crippen molar-refractivity contribution in [3.8, 4) is 5.75 Å². The molecule has 9 N–H and O–H groups in total. The molecule has 0 aliphatic rings. The quantitative estimate of drug-likeness (QED) is 0.167. The zero-order valence-corrected chi connectivity index (χ0v) is 18.7. The summed E-state index contributed by atoms with van der Waals surface area (Å²) in [6, 6.07) is 0.506. The number of phenols is 1. The van der Waals surface area contributed by atoms with E-state index in [1.54, 1.807) is 13.8 Å². The van der Waals surface area contributed by atoms with E-state index in [4.69, 9.17) is 10.8 Å². The maximum absolute atomic E-state index is 12.9. The Hall–Kier alpha value is -3.22. The van der Waals surface area contributed by atoms with Gasteiger partial charge in [0.05, 0.1) is 12.7 Å². The van der Waals surface area contributed by atoms with E-state index in [0.29, 0.717) is 5.56 Å². The number of hydrogen-bond acceptors (Lipinski definition) is 8. The first-order valence-electron chi connectivity index (χ1n) is 10.3. The Morgan fingerprint density at radius 2 is 1.45 bits per heavy atom. The second-order valence-corrected chi connectivity index (χ2v) is 8.02. The molecule has 0 fully saturated rings. The molecule has 5 unspecified atom stereocenters. The van der Waals surface area contributed by atoms with Gasteiger partial charge in [-0.15, -0.1) is 0 Å². The molecule has 0 radical (unpaired) electrons. The van der Waals surface area contributed by atoms with Gasteiger partial charge in [0.2, 0.25) is 17.7 Å². The second kappa shape index (κ2) is 12.7. The third-order valence-corrected chi connectivity index (χ3v) is 4.84. The van der Waals surface area contributed by atoms with Crippen LogP contribution in [0.4, 0.5) is 0 Å². The Morgan fingerprint density at radius 3 is 1.91 bits per heavy atom. The summed E-state index contributed by atoms with van der Waals surface area (Å²) in [5.74, 6) is -4.32. The normalized spacial score (nSPS) is 15.6. The van der Waals surface area contributed by atoms with Crippen LogP contribution in [0.5, 0.6) is 5.75 Å². The Bertz CT molecular complexity index is 828. The molecule has 0 heterocycles. The number of carboxylic acid groups (broad SMARTS) is 1. The third-order valence-electron chi connectivity index (χ3n) is 4.84. The van der Waals surface area contributed by atoms with Gasteiger partial charge in [0.25, 0.3) is 0 Å². The van der Waals surface area contributed by atoms with Crippen molar-refractivity contribution >= 4 is 23.7 Å².